The van der Waals surface area contributed by atoms with Crippen LogP contribution in [0.1, 0.15) is 24.7 Å². The summed E-state index contributed by atoms with van der Waals surface area (Å²) in [5.41, 5.74) is 2.02. The molecule has 5 heteroatoms. The first-order valence-corrected chi connectivity index (χ1v) is 6.71. The van der Waals surface area contributed by atoms with E-state index in [-0.39, 0.29) is 12.4 Å². The van der Waals surface area contributed by atoms with E-state index in [2.05, 4.69) is 25.5 Å². The molecule has 1 aromatic heterocycles. The highest BCUT2D eigenvalue weighted by Gasteiger charge is 2.28. The maximum Gasteiger partial charge on any atom is 0.313 e. The second-order valence-corrected chi connectivity index (χ2v) is 5.43. The van der Waals surface area contributed by atoms with E-state index in [1.54, 1.807) is 0 Å². The minimum absolute atomic E-state index is 0.235. The van der Waals surface area contributed by atoms with E-state index in [1.165, 1.54) is 7.11 Å². The van der Waals surface area contributed by atoms with Crippen molar-refractivity contribution in [3.05, 3.63) is 28.5 Å². The lowest BCUT2D eigenvalue weighted by Gasteiger charge is -2.06. The van der Waals surface area contributed by atoms with Gasteiger partial charge in [0, 0.05) is 10.5 Å². The van der Waals surface area contributed by atoms with Gasteiger partial charge in [-0.1, -0.05) is 15.9 Å². The van der Waals surface area contributed by atoms with Crippen molar-refractivity contribution in [1.29, 1.82) is 0 Å². The summed E-state index contributed by atoms with van der Waals surface area (Å²) in [5, 5.41) is 0. The van der Waals surface area contributed by atoms with Gasteiger partial charge in [-0.2, -0.15) is 0 Å². The van der Waals surface area contributed by atoms with Crippen molar-refractivity contribution in [2.24, 2.45) is 0 Å². The minimum atomic E-state index is -0.244. The lowest BCUT2D eigenvalue weighted by Crippen LogP contribution is -2.10. The molecule has 1 heterocycles. The van der Waals surface area contributed by atoms with Crippen LogP contribution in [0.4, 0.5) is 0 Å². The van der Waals surface area contributed by atoms with Crippen LogP contribution in [0.3, 0.4) is 0 Å². The highest BCUT2D eigenvalue weighted by Crippen LogP contribution is 2.39. The lowest BCUT2D eigenvalue weighted by atomic mass is 10.3. The summed E-state index contributed by atoms with van der Waals surface area (Å²) in [6.45, 7) is 0. The summed E-state index contributed by atoms with van der Waals surface area (Å²) >= 11 is 3.44. The van der Waals surface area contributed by atoms with Gasteiger partial charge in [-0.15, -0.1) is 0 Å². The first-order valence-electron chi connectivity index (χ1n) is 5.92. The number of halogens is 1. The first-order chi connectivity index (χ1) is 8.69. The molecule has 1 fully saturated rings. The first kappa shape index (κ1) is 11.7. The molecule has 1 aliphatic rings. The molecule has 0 aliphatic heterocycles. The van der Waals surface area contributed by atoms with Gasteiger partial charge < -0.3 is 9.30 Å². The summed E-state index contributed by atoms with van der Waals surface area (Å²) in [7, 11) is 1.41. The van der Waals surface area contributed by atoms with E-state index in [4.69, 9.17) is 4.74 Å². The lowest BCUT2D eigenvalue weighted by molar-refractivity contribution is -0.139. The van der Waals surface area contributed by atoms with Gasteiger partial charge in [-0.05, 0) is 31.0 Å². The summed E-state index contributed by atoms with van der Waals surface area (Å²) in [4.78, 5) is 16.0. The fraction of sp³-hybridized carbons (Fsp3) is 0.385. The Morgan fingerprint density at radius 2 is 2.33 bits per heavy atom. The Hall–Kier alpha value is -1.36. The third-order valence-electron chi connectivity index (χ3n) is 3.17. The van der Waals surface area contributed by atoms with Crippen molar-refractivity contribution in [1.82, 2.24) is 9.55 Å². The van der Waals surface area contributed by atoms with Gasteiger partial charge in [0.1, 0.15) is 12.2 Å². The summed E-state index contributed by atoms with van der Waals surface area (Å²) < 4.78 is 7.91. The molecule has 3 rings (SSSR count). The summed E-state index contributed by atoms with van der Waals surface area (Å²) in [6, 6.07) is 6.53. The van der Waals surface area contributed by atoms with Crippen LogP contribution in [0.15, 0.2) is 22.7 Å². The smallest absolute Gasteiger partial charge is 0.313 e. The molecule has 0 unspecified atom stereocenters. The predicted octanol–water partition coefficient (Wildman–Crippen LogP) is 2.85. The Kier molecular flexibility index (Phi) is 2.86. The van der Waals surface area contributed by atoms with Gasteiger partial charge in [-0.25, -0.2) is 4.98 Å². The monoisotopic (exact) mass is 308 g/mol. The number of benzene rings is 1. The molecule has 0 amide bonds. The van der Waals surface area contributed by atoms with E-state index in [0.717, 1.165) is 34.2 Å². The van der Waals surface area contributed by atoms with Gasteiger partial charge in [0.25, 0.3) is 0 Å². The third-order valence-corrected chi connectivity index (χ3v) is 3.66. The fourth-order valence-corrected chi connectivity index (χ4v) is 2.54. The molecule has 0 spiro atoms. The zero-order valence-electron chi connectivity index (χ0n) is 10.0. The zero-order valence-corrected chi connectivity index (χ0v) is 11.6. The maximum absolute atomic E-state index is 11.4. The van der Waals surface area contributed by atoms with Crippen LogP contribution < -0.4 is 0 Å². The second kappa shape index (κ2) is 4.39. The van der Waals surface area contributed by atoms with Gasteiger partial charge in [0.15, 0.2) is 0 Å². The van der Waals surface area contributed by atoms with Crippen LogP contribution in [0, 0.1) is 0 Å². The Bertz CT molecular complexity index is 617. The number of hydrogen-bond acceptors (Lipinski definition) is 3. The van der Waals surface area contributed by atoms with Crippen molar-refractivity contribution >= 4 is 32.9 Å². The Morgan fingerprint density at radius 3 is 3.00 bits per heavy atom. The number of imidazole rings is 1. The molecule has 1 aliphatic carbocycles. The molecular weight excluding hydrogens is 296 g/mol. The van der Waals surface area contributed by atoms with Crippen molar-refractivity contribution < 1.29 is 9.53 Å². The number of carbonyl (C=O) groups excluding carboxylic acids is 1. The highest BCUT2D eigenvalue weighted by atomic mass is 79.9. The Balaban J connectivity index is 2.11. The number of methoxy groups -OCH3 is 1. The van der Waals surface area contributed by atoms with Gasteiger partial charge in [0.05, 0.1) is 18.1 Å². The Morgan fingerprint density at radius 1 is 1.56 bits per heavy atom. The van der Waals surface area contributed by atoms with Crippen molar-refractivity contribution in [2.45, 2.75) is 25.3 Å². The maximum atomic E-state index is 11.4. The second-order valence-electron chi connectivity index (χ2n) is 4.52. The number of rotatable bonds is 3. The number of esters is 1. The Labute approximate surface area is 113 Å². The van der Waals surface area contributed by atoms with Crippen LogP contribution in [0.2, 0.25) is 0 Å². The number of nitrogens with zero attached hydrogens (tertiary/aromatic N) is 2. The number of ether oxygens (including phenoxy) is 1. The predicted molar refractivity (Wildman–Crippen MR) is 71.4 cm³/mol. The fourth-order valence-electron chi connectivity index (χ4n) is 2.19. The largest absolute Gasteiger partial charge is 0.469 e. The van der Waals surface area contributed by atoms with Gasteiger partial charge in [-0.3, -0.25) is 4.79 Å². The molecule has 0 atom stereocenters. The average molecular weight is 309 g/mol. The van der Waals surface area contributed by atoms with Crippen LogP contribution >= 0.6 is 15.9 Å². The molecule has 1 saturated carbocycles. The highest BCUT2D eigenvalue weighted by molar-refractivity contribution is 9.10. The molecule has 2 aromatic rings. The van der Waals surface area contributed by atoms with E-state index < -0.39 is 0 Å². The van der Waals surface area contributed by atoms with Crippen molar-refractivity contribution in [3.8, 4) is 0 Å². The van der Waals surface area contributed by atoms with Gasteiger partial charge >= 0.3 is 5.97 Å². The number of aromatic nitrogens is 2. The molecule has 0 radical (unpaired) electrons. The zero-order chi connectivity index (χ0) is 12.7. The topological polar surface area (TPSA) is 44.1 Å². The minimum Gasteiger partial charge on any atom is -0.469 e. The van der Waals surface area contributed by atoms with Crippen LogP contribution in [-0.4, -0.2) is 22.6 Å². The van der Waals surface area contributed by atoms with Crippen LogP contribution in [-0.2, 0) is 16.0 Å². The summed E-state index contributed by atoms with van der Waals surface area (Å²) in [5.74, 6) is 0.559. The quantitative estimate of drug-likeness (QED) is 0.819. The van der Waals surface area contributed by atoms with Crippen LogP contribution in [0.25, 0.3) is 11.0 Å². The van der Waals surface area contributed by atoms with Crippen molar-refractivity contribution in [2.75, 3.05) is 7.11 Å². The molecule has 4 nitrogen and oxygen atoms in total. The van der Waals surface area contributed by atoms with E-state index >= 15 is 0 Å². The number of carbonyl (C=O) groups is 1. The van der Waals surface area contributed by atoms with Crippen LogP contribution in [0.5, 0.6) is 0 Å². The standard InChI is InChI=1S/C13H13BrN2O2/c1-18-13(17)7-12-15-10-6-8(14)2-5-11(10)16(12)9-3-4-9/h2,5-6,9H,3-4,7H2,1H3. The SMILES string of the molecule is COC(=O)Cc1nc2cc(Br)ccc2n1C1CC1. The van der Waals surface area contributed by atoms with Crippen molar-refractivity contribution in [3.63, 3.8) is 0 Å². The van der Waals surface area contributed by atoms with E-state index in [9.17, 15) is 4.79 Å². The van der Waals surface area contributed by atoms with E-state index in [0.29, 0.717) is 6.04 Å². The van der Waals surface area contributed by atoms with E-state index in [1.807, 2.05) is 18.2 Å². The molecule has 0 saturated heterocycles. The molecule has 0 bridgehead atoms. The summed E-state index contributed by atoms with van der Waals surface area (Å²) in [6.07, 6.45) is 2.56. The molecule has 0 N–H and O–H groups in total. The third kappa shape index (κ3) is 2.03. The van der Waals surface area contributed by atoms with Gasteiger partial charge in [0.2, 0.25) is 0 Å². The normalized spacial score (nSPS) is 15.0. The molecule has 94 valence electrons. The number of hydrogen-bond donors (Lipinski definition) is 0. The molecule has 18 heavy (non-hydrogen) atoms. The number of fused-ring (bicyclic) bond motifs is 1. The molecule has 1 aromatic carbocycles. The molecular formula is C13H13BrN2O2. The average Bonchev–Trinajstić information content (AvgIpc) is 3.11.